The fourth-order valence-corrected chi connectivity index (χ4v) is 3.56. The molecule has 1 unspecified atom stereocenters. The van der Waals surface area contributed by atoms with Crippen LogP contribution in [-0.4, -0.2) is 11.6 Å². The SMILES string of the molecule is CCOc1cccc(CNC(C)c2sc(C(C)(C)C)nc2C)c1. The van der Waals surface area contributed by atoms with E-state index < -0.39 is 0 Å². The van der Waals surface area contributed by atoms with Crippen LogP contribution in [0, 0.1) is 6.92 Å². The Morgan fingerprint density at radius 3 is 2.65 bits per heavy atom. The molecule has 0 saturated heterocycles. The number of nitrogens with zero attached hydrogens (tertiary/aromatic N) is 1. The average molecular weight is 333 g/mol. The molecule has 0 spiro atoms. The summed E-state index contributed by atoms with van der Waals surface area (Å²) in [6.07, 6.45) is 0. The first-order valence-corrected chi connectivity index (χ1v) is 9.06. The molecular weight excluding hydrogens is 304 g/mol. The fourth-order valence-electron chi connectivity index (χ4n) is 2.41. The highest BCUT2D eigenvalue weighted by atomic mass is 32.1. The van der Waals surface area contributed by atoms with Crippen LogP contribution in [0.1, 0.15) is 61.8 Å². The highest BCUT2D eigenvalue weighted by Crippen LogP contribution is 2.32. The molecule has 0 saturated carbocycles. The zero-order valence-corrected chi connectivity index (χ0v) is 15.9. The van der Waals surface area contributed by atoms with Gasteiger partial charge in [0.15, 0.2) is 0 Å². The van der Waals surface area contributed by atoms with Gasteiger partial charge in [-0.15, -0.1) is 11.3 Å². The molecule has 1 aromatic carbocycles. The number of hydrogen-bond acceptors (Lipinski definition) is 4. The molecule has 2 rings (SSSR count). The summed E-state index contributed by atoms with van der Waals surface area (Å²) in [6.45, 7) is 14.5. The molecular formula is C19H28N2OS. The van der Waals surface area contributed by atoms with Crippen LogP contribution in [0.15, 0.2) is 24.3 Å². The van der Waals surface area contributed by atoms with E-state index in [0.717, 1.165) is 18.0 Å². The molecule has 2 aromatic rings. The number of thiazole rings is 1. The van der Waals surface area contributed by atoms with Gasteiger partial charge in [-0.25, -0.2) is 4.98 Å². The van der Waals surface area contributed by atoms with E-state index in [2.05, 4.69) is 52.1 Å². The molecule has 0 fully saturated rings. The first-order valence-electron chi connectivity index (χ1n) is 8.24. The highest BCUT2D eigenvalue weighted by Gasteiger charge is 2.22. The maximum atomic E-state index is 5.56. The second-order valence-corrected chi connectivity index (χ2v) is 7.93. The number of rotatable bonds is 6. The molecule has 0 amide bonds. The molecule has 0 aliphatic carbocycles. The highest BCUT2D eigenvalue weighted by molar-refractivity contribution is 7.12. The van der Waals surface area contributed by atoms with Crippen molar-refractivity contribution in [1.29, 1.82) is 0 Å². The summed E-state index contributed by atoms with van der Waals surface area (Å²) in [7, 11) is 0. The van der Waals surface area contributed by atoms with Gasteiger partial charge in [0.1, 0.15) is 5.75 Å². The first-order chi connectivity index (χ1) is 10.8. The van der Waals surface area contributed by atoms with Crippen LogP contribution in [0.2, 0.25) is 0 Å². The second-order valence-electron chi connectivity index (χ2n) is 6.90. The predicted octanol–water partition coefficient (Wildman–Crippen LogP) is 5.00. The average Bonchev–Trinajstić information content (AvgIpc) is 2.88. The fraction of sp³-hybridized carbons (Fsp3) is 0.526. The summed E-state index contributed by atoms with van der Waals surface area (Å²) in [5.74, 6) is 0.934. The Hall–Kier alpha value is -1.39. The van der Waals surface area contributed by atoms with Crippen molar-refractivity contribution in [3.8, 4) is 5.75 Å². The lowest BCUT2D eigenvalue weighted by molar-refractivity contribution is 0.339. The van der Waals surface area contributed by atoms with Crippen LogP contribution in [0.5, 0.6) is 5.75 Å². The van der Waals surface area contributed by atoms with Crippen molar-refractivity contribution in [1.82, 2.24) is 10.3 Å². The van der Waals surface area contributed by atoms with Gasteiger partial charge < -0.3 is 10.1 Å². The summed E-state index contributed by atoms with van der Waals surface area (Å²) in [4.78, 5) is 6.08. The van der Waals surface area contributed by atoms with E-state index in [0.29, 0.717) is 12.6 Å². The van der Waals surface area contributed by atoms with Crippen molar-refractivity contribution in [3.63, 3.8) is 0 Å². The van der Waals surface area contributed by atoms with Crippen molar-refractivity contribution in [2.75, 3.05) is 6.61 Å². The van der Waals surface area contributed by atoms with Crippen molar-refractivity contribution in [2.45, 2.75) is 59.5 Å². The molecule has 1 aromatic heterocycles. The van der Waals surface area contributed by atoms with Gasteiger partial charge >= 0.3 is 0 Å². The van der Waals surface area contributed by atoms with Crippen molar-refractivity contribution < 1.29 is 4.74 Å². The molecule has 0 bridgehead atoms. The molecule has 0 radical (unpaired) electrons. The first kappa shape index (κ1) is 18.0. The predicted molar refractivity (Wildman–Crippen MR) is 98.4 cm³/mol. The van der Waals surface area contributed by atoms with E-state index in [-0.39, 0.29) is 5.41 Å². The van der Waals surface area contributed by atoms with Gasteiger partial charge in [0, 0.05) is 22.9 Å². The topological polar surface area (TPSA) is 34.1 Å². The Balaban J connectivity index is 2.04. The third-order valence-electron chi connectivity index (χ3n) is 3.69. The molecule has 3 nitrogen and oxygen atoms in total. The normalized spacial score (nSPS) is 13.1. The zero-order valence-electron chi connectivity index (χ0n) is 15.1. The Bertz CT molecular complexity index is 643. The van der Waals surface area contributed by atoms with Crippen molar-refractivity contribution >= 4 is 11.3 Å². The third-order valence-corrected chi connectivity index (χ3v) is 5.46. The van der Waals surface area contributed by atoms with Crippen LogP contribution in [0.3, 0.4) is 0 Å². The van der Waals surface area contributed by atoms with Crippen LogP contribution in [0.4, 0.5) is 0 Å². The molecule has 1 atom stereocenters. The molecule has 1 heterocycles. The van der Waals surface area contributed by atoms with E-state index in [1.807, 2.05) is 30.4 Å². The number of aryl methyl sites for hydroxylation is 1. The van der Waals surface area contributed by atoms with Gasteiger partial charge in [-0.05, 0) is 38.5 Å². The zero-order chi connectivity index (χ0) is 17.0. The molecule has 4 heteroatoms. The molecule has 0 aliphatic rings. The minimum Gasteiger partial charge on any atom is -0.494 e. The van der Waals surface area contributed by atoms with E-state index >= 15 is 0 Å². The van der Waals surface area contributed by atoms with Crippen LogP contribution in [-0.2, 0) is 12.0 Å². The van der Waals surface area contributed by atoms with Gasteiger partial charge in [0.2, 0.25) is 0 Å². The van der Waals surface area contributed by atoms with Gasteiger partial charge in [0.05, 0.1) is 17.3 Å². The molecule has 1 N–H and O–H groups in total. The van der Waals surface area contributed by atoms with Crippen LogP contribution >= 0.6 is 11.3 Å². The lowest BCUT2D eigenvalue weighted by Crippen LogP contribution is -2.18. The Morgan fingerprint density at radius 2 is 2.04 bits per heavy atom. The Morgan fingerprint density at radius 1 is 1.30 bits per heavy atom. The number of ether oxygens (including phenoxy) is 1. The van der Waals surface area contributed by atoms with E-state index in [1.165, 1.54) is 15.4 Å². The number of nitrogens with one attached hydrogen (secondary N) is 1. The maximum Gasteiger partial charge on any atom is 0.119 e. The van der Waals surface area contributed by atoms with E-state index in [1.54, 1.807) is 0 Å². The second kappa shape index (κ2) is 7.45. The smallest absolute Gasteiger partial charge is 0.119 e. The van der Waals surface area contributed by atoms with E-state index in [9.17, 15) is 0 Å². The van der Waals surface area contributed by atoms with Crippen molar-refractivity contribution in [2.24, 2.45) is 0 Å². The summed E-state index contributed by atoms with van der Waals surface area (Å²) in [5.41, 5.74) is 2.49. The minimum absolute atomic E-state index is 0.110. The number of aromatic nitrogens is 1. The van der Waals surface area contributed by atoms with Gasteiger partial charge in [-0.1, -0.05) is 32.9 Å². The quantitative estimate of drug-likeness (QED) is 0.808. The summed E-state index contributed by atoms with van der Waals surface area (Å²) < 4.78 is 5.56. The van der Waals surface area contributed by atoms with Gasteiger partial charge in [0.25, 0.3) is 0 Å². The lowest BCUT2D eigenvalue weighted by Gasteiger charge is -2.15. The number of benzene rings is 1. The molecule has 23 heavy (non-hydrogen) atoms. The minimum atomic E-state index is 0.110. The lowest BCUT2D eigenvalue weighted by atomic mass is 9.98. The van der Waals surface area contributed by atoms with Gasteiger partial charge in [-0.3, -0.25) is 0 Å². The third kappa shape index (κ3) is 4.79. The number of hydrogen-bond donors (Lipinski definition) is 1. The van der Waals surface area contributed by atoms with E-state index in [4.69, 9.17) is 9.72 Å². The van der Waals surface area contributed by atoms with Crippen LogP contribution in [0.25, 0.3) is 0 Å². The summed E-state index contributed by atoms with van der Waals surface area (Å²) >= 11 is 1.82. The standard InChI is InChI=1S/C19H28N2OS/c1-7-22-16-10-8-9-15(11-16)12-20-13(2)17-14(3)21-18(23-17)19(4,5)6/h8-11,13,20H,7,12H2,1-6H3. The summed E-state index contributed by atoms with van der Waals surface area (Å²) in [6, 6.07) is 8.56. The largest absolute Gasteiger partial charge is 0.494 e. The molecule has 0 aliphatic heterocycles. The maximum absolute atomic E-state index is 5.56. The monoisotopic (exact) mass is 332 g/mol. The Labute approximate surface area is 144 Å². The Kier molecular flexibility index (Phi) is 5.82. The van der Waals surface area contributed by atoms with Gasteiger partial charge in [-0.2, -0.15) is 0 Å². The molecule has 126 valence electrons. The summed E-state index contributed by atoms with van der Waals surface area (Å²) in [5, 5.41) is 4.81. The van der Waals surface area contributed by atoms with Crippen molar-refractivity contribution in [3.05, 3.63) is 45.4 Å². The van der Waals surface area contributed by atoms with Crippen LogP contribution < -0.4 is 10.1 Å².